The smallest absolute Gasteiger partial charge is 0.307 e. The van der Waals surface area contributed by atoms with Crippen LogP contribution in [0.3, 0.4) is 0 Å². The zero-order chi connectivity index (χ0) is 9.35. The summed E-state index contributed by atoms with van der Waals surface area (Å²) in [6.07, 6.45) is 1.48. The van der Waals surface area contributed by atoms with Crippen molar-refractivity contribution in [2.45, 2.75) is 32.7 Å². The summed E-state index contributed by atoms with van der Waals surface area (Å²) in [7, 11) is 1.40. The summed E-state index contributed by atoms with van der Waals surface area (Å²) in [4.78, 5) is 10.9. The van der Waals surface area contributed by atoms with Crippen LogP contribution in [0.1, 0.15) is 26.7 Å². The van der Waals surface area contributed by atoms with E-state index in [1.165, 1.54) is 7.11 Å². The summed E-state index contributed by atoms with van der Waals surface area (Å²) in [5.74, 6) is 0.293. The Morgan fingerprint density at radius 1 is 1.75 bits per heavy atom. The van der Waals surface area contributed by atoms with Crippen molar-refractivity contribution in [3.63, 3.8) is 0 Å². The Morgan fingerprint density at radius 2 is 2.25 bits per heavy atom. The average molecular weight is 171 g/mol. The van der Waals surface area contributed by atoms with Gasteiger partial charge in [-0.3, -0.25) is 4.79 Å². The molecule has 1 saturated carbocycles. The summed E-state index contributed by atoms with van der Waals surface area (Å²) >= 11 is 0. The number of esters is 1. The highest BCUT2D eigenvalue weighted by atomic mass is 16.5. The van der Waals surface area contributed by atoms with Gasteiger partial charge in [-0.15, -0.1) is 0 Å². The molecule has 3 heteroatoms. The second-order valence-corrected chi connectivity index (χ2v) is 4.24. The molecule has 1 aliphatic rings. The van der Waals surface area contributed by atoms with Gasteiger partial charge < -0.3 is 10.5 Å². The quantitative estimate of drug-likeness (QED) is 0.642. The molecule has 0 aromatic carbocycles. The molecule has 0 aromatic rings. The van der Waals surface area contributed by atoms with E-state index in [0.29, 0.717) is 17.8 Å². The Kier molecular flexibility index (Phi) is 2.42. The predicted molar refractivity (Wildman–Crippen MR) is 46.5 cm³/mol. The van der Waals surface area contributed by atoms with E-state index in [0.717, 1.165) is 6.42 Å². The number of ether oxygens (including phenoxy) is 1. The van der Waals surface area contributed by atoms with E-state index in [1.807, 2.05) is 0 Å². The summed E-state index contributed by atoms with van der Waals surface area (Å²) in [6, 6.07) is -0.0209. The van der Waals surface area contributed by atoms with Gasteiger partial charge in [-0.2, -0.15) is 0 Å². The first-order valence-corrected chi connectivity index (χ1v) is 4.30. The summed E-state index contributed by atoms with van der Waals surface area (Å²) < 4.78 is 4.55. The molecule has 2 N–H and O–H groups in total. The van der Waals surface area contributed by atoms with Crippen molar-refractivity contribution in [1.82, 2.24) is 0 Å². The zero-order valence-corrected chi connectivity index (χ0v) is 7.96. The van der Waals surface area contributed by atoms with E-state index in [1.54, 1.807) is 0 Å². The number of nitrogens with two attached hydrogens (primary N) is 1. The number of hydrogen-bond donors (Lipinski definition) is 1. The third-order valence-corrected chi connectivity index (χ3v) is 2.74. The standard InChI is InChI=1S/C9H17NO2/c1-9(2)5-6(9)7(10)4-8(11)12-3/h6-7H,4-5,10H2,1-3H3. The molecule has 3 nitrogen and oxygen atoms in total. The Bertz CT molecular complexity index is 189. The van der Waals surface area contributed by atoms with Crippen molar-refractivity contribution in [2.75, 3.05) is 7.11 Å². The minimum Gasteiger partial charge on any atom is -0.469 e. The van der Waals surface area contributed by atoms with Gasteiger partial charge in [-0.1, -0.05) is 13.8 Å². The van der Waals surface area contributed by atoms with Gasteiger partial charge in [0.2, 0.25) is 0 Å². The topological polar surface area (TPSA) is 52.3 Å². The first kappa shape index (κ1) is 9.52. The van der Waals surface area contributed by atoms with Crippen LogP contribution in [-0.2, 0) is 9.53 Å². The van der Waals surface area contributed by atoms with E-state index < -0.39 is 0 Å². The lowest BCUT2D eigenvalue weighted by Crippen LogP contribution is -2.28. The minimum atomic E-state index is -0.204. The van der Waals surface area contributed by atoms with Gasteiger partial charge in [0.1, 0.15) is 0 Å². The fraction of sp³-hybridized carbons (Fsp3) is 0.889. The van der Waals surface area contributed by atoms with E-state index >= 15 is 0 Å². The molecule has 1 aliphatic carbocycles. The third-order valence-electron chi connectivity index (χ3n) is 2.74. The lowest BCUT2D eigenvalue weighted by molar-refractivity contribution is -0.141. The van der Waals surface area contributed by atoms with E-state index in [2.05, 4.69) is 18.6 Å². The van der Waals surface area contributed by atoms with Crippen molar-refractivity contribution in [3.05, 3.63) is 0 Å². The number of carbonyl (C=O) groups is 1. The van der Waals surface area contributed by atoms with Crippen molar-refractivity contribution in [2.24, 2.45) is 17.1 Å². The number of methoxy groups -OCH3 is 1. The maximum absolute atomic E-state index is 10.9. The monoisotopic (exact) mass is 171 g/mol. The van der Waals surface area contributed by atoms with Gasteiger partial charge in [0.25, 0.3) is 0 Å². The maximum atomic E-state index is 10.9. The van der Waals surface area contributed by atoms with Crippen LogP contribution in [-0.4, -0.2) is 19.1 Å². The van der Waals surface area contributed by atoms with Crippen molar-refractivity contribution < 1.29 is 9.53 Å². The molecule has 70 valence electrons. The van der Waals surface area contributed by atoms with Gasteiger partial charge in [-0.25, -0.2) is 0 Å². The summed E-state index contributed by atoms with van der Waals surface area (Å²) in [5, 5.41) is 0. The Balaban J connectivity index is 2.31. The highest BCUT2D eigenvalue weighted by molar-refractivity contribution is 5.70. The maximum Gasteiger partial charge on any atom is 0.307 e. The fourth-order valence-electron chi connectivity index (χ4n) is 1.66. The molecular formula is C9H17NO2. The molecule has 0 saturated heterocycles. The van der Waals surface area contributed by atoms with E-state index in [9.17, 15) is 4.79 Å². The lowest BCUT2D eigenvalue weighted by atomic mass is 10.0. The lowest BCUT2D eigenvalue weighted by Gasteiger charge is -2.11. The van der Waals surface area contributed by atoms with Crippen LogP contribution < -0.4 is 5.73 Å². The minimum absolute atomic E-state index is 0.0209. The van der Waals surface area contributed by atoms with Gasteiger partial charge in [0.15, 0.2) is 0 Å². The second-order valence-electron chi connectivity index (χ2n) is 4.24. The normalized spacial score (nSPS) is 27.8. The van der Waals surface area contributed by atoms with E-state index in [-0.39, 0.29) is 12.0 Å². The summed E-state index contributed by atoms with van der Waals surface area (Å²) in [5.41, 5.74) is 6.17. The highest BCUT2D eigenvalue weighted by Gasteiger charge is 2.49. The molecule has 0 aromatic heterocycles. The van der Waals surface area contributed by atoms with Gasteiger partial charge in [0.05, 0.1) is 13.5 Å². The number of carbonyl (C=O) groups excluding carboxylic acids is 1. The van der Waals surface area contributed by atoms with Crippen molar-refractivity contribution in [1.29, 1.82) is 0 Å². The largest absolute Gasteiger partial charge is 0.469 e. The van der Waals surface area contributed by atoms with Crippen LogP contribution in [0.25, 0.3) is 0 Å². The molecule has 0 heterocycles. The third kappa shape index (κ3) is 1.97. The SMILES string of the molecule is COC(=O)CC(N)C1CC1(C)C. The predicted octanol–water partition coefficient (Wildman–Crippen LogP) is 0.923. The van der Waals surface area contributed by atoms with Crippen LogP contribution in [0.5, 0.6) is 0 Å². The highest BCUT2D eigenvalue weighted by Crippen LogP contribution is 2.53. The molecular weight excluding hydrogens is 154 g/mol. The molecule has 0 amide bonds. The molecule has 0 radical (unpaired) electrons. The van der Waals surface area contributed by atoms with Crippen molar-refractivity contribution in [3.8, 4) is 0 Å². The van der Waals surface area contributed by atoms with Gasteiger partial charge >= 0.3 is 5.97 Å². The molecule has 0 spiro atoms. The number of hydrogen-bond acceptors (Lipinski definition) is 3. The molecule has 0 bridgehead atoms. The molecule has 2 atom stereocenters. The Hall–Kier alpha value is -0.570. The summed E-state index contributed by atoms with van der Waals surface area (Å²) in [6.45, 7) is 4.35. The molecule has 2 unspecified atom stereocenters. The van der Waals surface area contributed by atoms with Crippen LogP contribution in [0, 0.1) is 11.3 Å². The average Bonchev–Trinajstić information content (AvgIpc) is 2.59. The van der Waals surface area contributed by atoms with E-state index in [4.69, 9.17) is 5.73 Å². The number of rotatable bonds is 3. The molecule has 0 aliphatic heterocycles. The van der Waals surface area contributed by atoms with Crippen LogP contribution in [0.15, 0.2) is 0 Å². The Morgan fingerprint density at radius 3 is 2.58 bits per heavy atom. The van der Waals surface area contributed by atoms with Crippen molar-refractivity contribution >= 4 is 5.97 Å². The zero-order valence-electron chi connectivity index (χ0n) is 7.96. The van der Waals surface area contributed by atoms with Crippen LogP contribution >= 0.6 is 0 Å². The second kappa shape index (κ2) is 3.05. The Labute approximate surface area is 73.3 Å². The van der Waals surface area contributed by atoms with Gasteiger partial charge in [-0.05, 0) is 17.8 Å². The van der Waals surface area contributed by atoms with Crippen LogP contribution in [0.2, 0.25) is 0 Å². The molecule has 12 heavy (non-hydrogen) atoms. The fourth-order valence-corrected chi connectivity index (χ4v) is 1.66. The molecule has 1 fully saturated rings. The first-order valence-electron chi connectivity index (χ1n) is 4.30. The van der Waals surface area contributed by atoms with Crippen LogP contribution in [0.4, 0.5) is 0 Å². The molecule has 1 rings (SSSR count). The first-order chi connectivity index (χ1) is 5.47. The van der Waals surface area contributed by atoms with Gasteiger partial charge in [0, 0.05) is 6.04 Å².